The van der Waals surface area contributed by atoms with Crippen LogP contribution in [0.2, 0.25) is 6.55 Å². The lowest BCUT2D eigenvalue weighted by Gasteiger charge is -2.29. The standard InChI is InChI=1S/C13H20O2Si/c1-6-12-7-9-13(10-8-12)11(2)16(5,14-3)15-4/h6-11H,1H2,2-5H3. The van der Waals surface area contributed by atoms with Gasteiger partial charge in [-0.2, -0.15) is 0 Å². The Hall–Kier alpha value is -0.903. The van der Waals surface area contributed by atoms with Crippen molar-refractivity contribution >= 4 is 14.6 Å². The van der Waals surface area contributed by atoms with E-state index >= 15 is 0 Å². The maximum atomic E-state index is 5.56. The summed E-state index contributed by atoms with van der Waals surface area (Å²) in [6, 6.07) is 8.37. The number of benzene rings is 1. The highest BCUT2D eigenvalue weighted by atomic mass is 28.4. The van der Waals surface area contributed by atoms with Gasteiger partial charge in [0.2, 0.25) is 0 Å². The fraction of sp³-hybridized carbons (Fsp3) is 0.385. The maximum absolute atomic E-state index is 5.56. The number of hydrogen-bond acceptors (Lipinski definition) is 2. The molecule has 0 aliphatic carbocycles. The van der Waals surface area contributed by atoms with E-state index < -0.39 is 8.56 Å². The molecule has 0 aromatic heterocycles. The van der Waals surface area contributed by atoms with E-state index in [9.17, 15) is 0 Å². The van der Waals surface area contributed by atoms with Crippen molar-refractivity contribution < 1.29 is 8.85 Å². The first-order chi connectivity index (χ1) is 7.57. The summed E-state index contributed by atoms with van der Waals surface area (Å²) < 4.78 is 11.1. The highest BCUT2D eigenvalue weighted by Gasteiger charge is 2.37. The van der Waals surface area contributed by atoms with Gasteiger partial charge in [0.25, 0.3) is 0 Å². The summed E-state index contributed by atoms with van der Waals surface area (Å²) in [5.74, 6) is 0. The molecule has 0 radical (unpaired) electrons. The first-order valence-electron chi connectivity index (χ1n) is 5.40. The Labute approximate surface area is 99.2 Å². The Morgan fingerprint density at radius 2 is 1.69 bits per heavy atom. The Balaban J connectivity index is 2.95. The predicted octanol–water partition coefficient (Wildman–Crippen LogP) is 3.34. The lowest BCUT2D eigenvalue weighted by Crippen LogP contribution is -2.42. The van der Waals surface area contributed by atoms with Gasteiger partial charge in [-0.05, 0) is 17.7 Å². The molecular formula is C13H20O2Si. The van der Waals surface area contributed by atoms with E-state index in [1.54, 1.807) is 14.2 Å². The van der Waals surface area contributed by atoms with Crippen molar-refractivity contribution in [1.29, 1.82) is 0 Å². The first kappa shape index (κ1) is 13.2. The van der Waals surface area contributed by atoms with E-state index in [0.29, 0.717) is 5.54 Å². The zero-order valence-corrected chi connectivity index (χ0v) is 11.5. The summed E-state index contributed by atoms with van der Waals surface area (Å²) in [7, 11) is 1.36. The van der Waals surface area contributed by atoms with E-state index in [2.05, 4.69) is 44.3 Å². The fourth-order valence-electron chi connectivity index (χ4n) is 1.66. The molecule has 1 rings (SSSR count). The van der Waals surface area contributed by atoms with Crippen molar-refractivity contribution in [2.45, 2.75) is 19.0 Å². The third-order valence-electron chi connectivity index (χ3n) is 3.27. The monoisotopic (exact) mass is 236 g/mol. The average molecular weight is 236 g/mol. The smallest absolute Gasteiger partial charge is 0.341 e. The lowest BCUT2D eigenvalue weighted by molar-refractivity contribution is 0.240. The first-order valence-corrected chi connectivity index (χ1v) is 7.79. The Kier molecular flexibility index (Phi) is 4.47. The average Bonchev–Trinajstić information content (AvgIpc) is 2.37. The van der Waals surface area contributed by atoms with Crippen molar-refractivity contribution in [3.8, 4) is 0 Å². The summed E-state index contributed by atoms with van der Waals surface area (Å²) in [6.07, 6.45) is 1.84. The topological polar surface area (TPSA) is 18.5 Å². The summed E-state index contributed by atoms with van der Waals surface area (Å²) in [5, 5.41) is 0. The molecule has 16 heavy (non-hydrogen) atoms. The lowest BCUT2D eigenvalue weighted by atomic mass is 10.1. The van der Waals surface area contributed by atoms with Crippen LogP contribution in [0.1, 0.15) is 23.6 Å². The molecule has 0 spiro atoms. The van der Waals surface area contributed by atoms with Crippen LogP contribution < -0.4 is 0 Å². The molecule has 2 nitrogen and oxygen atoms in total. The predicted molar refractivity (Wildman–Crippen MR) is 70.6 cm³/mol. The summed E-state index contributed by atoms with van der Waals surface area (Å²) >= 11 is 0. The molecule has 1 unspecified atom stereocenters. The third-order valence-corrected chi connectivity index (χ3v) is 6.80. The van der Waals surface area contributed by atoms with Crippen LogP contribution in [0, 0.1) is 0 Å². The van der Waals surface area contributed by atoms with Gasteiger partial charge in [-0.15, -0.1) is 0 Å². The molecule has 0 saturated heterocycles. The molecular weight excluding hydrogens is 216 g/mol. The highest BCUT2D eigenvalue weighted by molar-refractivity contribution is 6.67. The second-order valence-electron chi connectivity index (χ2n) is 4.02. The van der Waals surface area contributed by atoms with Crippen LogP contribution in [0.15, 0.2) is 30.8 Å². The minimum atomic E-state index is -2.09. The molecule has 3 heteroatoms. The zero-order chi connectivity index (χ0) is 12.2. The van der Waals surface area contributed by atoms with Crippen LogP contribution in [-0.4, -0.2) is 22.8 Å². The van der Waals surface area contributed by atoms with Crippen molar-refractivity contribution in [3.05, 3.63) is 42.0 Å². The maximum Gasteiger partial charge on any atom is 0.341 e. The van der Waals surface area contributed by atoms with Crippen LogP contribution >= 0.6 is 0 Å². The minimum absolute atomic E-state index is 0.307. The van der Waals surface area contributed by atoms with Gasteiger partial charge in [-0.25, -0.2) is 0 Å². The summed E-state index contributed by atoms with van der Waals surface area (Å²) in [6.45, 7) is 7.98. The normalized spacial score (nSPS) is 13.5. The molecule has 0 aliphatic heterocycles. The molecule has 0 heterocycles. The van der Waals surface area contributed by atoms with Gasteiger partial charge in [-0.1, -0.05) is 43.8 Å². The second-order valence-corrected chi connectivity index (χ2v) is 7.73. The number of rotatable bonds is 5. The van der Waals surface area contributed by atoms with Crippen LogP contribution in [0.3, 0.4) is 0 Å². The van der Waals surface area contributed by atoms with Crippen LogP contribution in [0.4, 0.5) is 0 Å². The second kappa shape index (κ2) is 5.43. The van der Waals surface area contributed by atoms with Crippen molar-refractivity contribution in [2.24, 2.45) is 0 Å². The van der Waals surface area contributed by atoms with E-state index in [4.69, 9.17) is 8.85 Å². The van der Waals surface area contributed by atoms with Gasteiger partial charge < -0.3 is 8.85 Å². The fourth-order valence-corrected chi connectivity index (χ4v) is 3.33. The molecule has 0 N–H and O–H groups in total. The van der Waals surface area contributed by atoms with Gasteiger partial charge in [0, 0.05) is 19.8 Å². The number of hydrogen-bond donors (Lipinski definition) is 0. The minimum Gasteiger partial charge on any atom is -0.397 e. The van der Waals surface area contributed by atoms with Gasteiger partial charge in [0.15, 0.2) is 0 Å². The van der Waals surface area contributed by atoms with Crippen molar-refractivity contribution in [2.75, 3.05) is 14.2 Å². The third kappa shape index (κ3) is 2.61. The van der Waals surface area contributed by atoms with Gasteiger partial charge in [0.05, 0.1) is 0 Å². The Morgan fingerprint density at radius 1 is 1.19 bits per heavy atom. The molecule has 88 valence electrons. The van der Waals surface area contributed by atoms with E-state index in [-0.39, 0.29) is 0 Å². The molecule has 1 atom stereocenters. The largest absolute Gasteiger partial charge is 0.397 e. The Morgan fingerprint density at radius 3 is 2.06 bits per heavy atom. The molecule has 1 aromatic rings. The molecule has 1 aromatic carbocycles. The van der Waals surface area contributed by atoms with Crippen LogP contribution in [0.25, 0.3) is 6.08 Å². The van der Waals surface area contributed by atoms with Crippen molar-refractivity contribution in [3.63, 3.8) is 0 Å². The molecule has 0 amide bonds. The molecule has 0 bridgehead atoms. The zero-order valence-electron chi connectivity index (χ0n) is 10.5. The quantitative estimate of drug-likeness (QED) is 0.730. The van der Waals surface area contributed by atoms with Crippen molar-refractivity contribution in [1.82, 2.24) is 0 Å². The van der Waals surface area contributed by atoms with Gasteiger partial charge >= 0.3 is 8.56 Å². The summed E-state index contributed by atoms with van der Waals surface area (Å²) in [4.78, 5) is 0. The van der Waals surface area contributed by atoms with Gasteiger partial charge in [0.1, 0.15) is 0 Å². The van der Waals surface area contributed by atoms with Gasteiger partial charge in [-0.3, -0.25) is 0 Å². The summed E-state index contributed by atoms with van der Waals surface area (Å²) in [5.41, 5.74) is 2.69. The Bertz CT molecular complexity index is 341. The van der Waals surface area contributed by atoms with E-state index in [0.717, 1.165) is 5.56 Å². The van der Waals surface area contributed by atoms with Crippen LogP contribution in [-0.2, 0) is 8.85 Å². The molecule has 0 fully saturated rings. The van der Waals surface area contributed by atoms with E-state index in [1.807, 2.05) is 6.08 Å². The molecule has 0 aliphatic rings. The SMILES string of the molecule is C=Cc1ccc(C(C)[Si](C)(OC)OC)cc1. The van der Waals surface area contributed by atoms with E-state index in [1.165, 1.54) is 5.56 Å². The highest BCUT2D eigenvalue weighted by Crippen LogP contribution is 2.27. The molecule has 0 saturated carbocycles. The van der Waals surface area contributed by atoms with Crippen LogP contribution in [0.5, 0.6) is 0 Å².